The number of halogens is 1. The normalized spacial score (nSPS) is 17.3. The van der Waals surface area contributed by atoms with E-state index in [0.29, 0.717) is 5.13 Å². The maximum absolute atomic E-state index is 5.69. The summed E-state index contributed by atoms with van der Waals surface area (Å²) in [5.41, 5.74) is 8.79. The van der Waals surface area contributed by atoms with Gasteiger partial charge in [-0.3, -0.25) is 9.80 Å². The average Bonchev–Trinajstić information content (AvgIpc) is 3.01. The molecule has 0 saturated carbocycles. The van der Waals surface area contributed by atoms with Gasteiger partial charge in [0.25, 0.3) is 0 Å². The molecule has 0 atom stereocenters. The van der Waals surface area contributed by atoms with Crippen molar-refractivity contribution < 1.29 is 0 Å². The van der Waals surface area contributed by atoms with Crippen LogP contribution in [0.15, 0.2) is 17.1 Å². The number of hydrogen-bond acceptors (Lipinski definition) is 7. The van der Waals surface area contributed by atoms with Crippen LogP contribution in [-0.4, -0.2) is 45.9 Å². The van der Waals surface area contributed by atoms with Crippen molar-refractivity contribution in [3.05, 3.63) is 27.7 Å². The summed E-state index contributed by atoms with van der Waals surface area (Å²) < 4.78 is 0. The quantitative estimate of drug-likeness (QED) is 0.921. The first-order valence-electron chi connectivity index (χ1n) is 6.81. The third-order valence-electron chi connectivity index (χ3n) is 3.50. The molecule has 8 heteroatoms. The molecule has 3 rings (SSSR count). The Kier molecular flexibility index (Phi) is 6.38. The Bertz CT molecular complexity index is 530. The highest BCUT2D eigenvalue weighted by Crippen LogP contribution is 2.18. The van der Waals surface area contributed by atoms with Crippen LogP contribution in [0.25, 0.3) is 0 Å². The van der Waals surface area contributed by atoms with Crippen molar-refractivity contribution in [3.8, 4) is 0 Å². The standard InChI is InChI=1S/C13H19N5S2.ClH/c14-13-15-6-12(20-13)8-18-3-1-2-17(4-5-18)7-11-9-19-10-16-11;/h6,9-10H,1-5,7-8H2,(H2,14,15);1H. The Morgan fingerprint density at radius 2 is 1.86 bits per heavy atom. The molecule has 0 bridgehead atoms. The van der Waals surface area contributed by atoms with E-state index in [4.69, 9.17) is 5.73 Å². The largest absolute Gasteiger partial charge is 0.375 e. The number of thiazole rings is 2. The van der Waals surface area contributed by atoms with Gasteiger partial charge in [0.2, 0.25) is 0 Å². The van der Waals surface area contributed by atoms with E-state index in [1.807, 2.05) is 11.7 Å². The Balaban J connectivity index is 0.00000161. The summed E-state index contributed by atoms with van der Waals surface area (Å²) in [5.74, 6) is 0. The van der Waals surface area contributed by atoms with Gasteiger partial charge in [-0.05, 0) is 19.5 Å². The van der Waals surface area contributed by atoms with E-state index in [1.165, 1.54) is 17.0 Å². The van der Waals surface area contributed by atoms with Gasteiger partial charge in [-0.25, -0.2) is 9.97 Å². The van der Waals surface area contributed by atoms with Crippen molar-refractivity contribution in [2.45, 2.75) is 19.5 Å². The molecule has 0 amide bonds. The lowest BCUT2D eigenvalue weighted by Crippen LogP contribution is -2.30. The second-order valence-electron chi connectivity index (χ2n) is 5.05. The van der Waals surface area contributed by atoms with Crippen LogP contribution in [0.3, 0.4) is 0 Å². The molecule has 3 heterocycles. The highest BCUT2D eigenvalue weighted by Gasteiger charge is 2.16. The molecule has 0 spiro atoms. The summed E-state index contributed by atoms with van der Waals surface area (Å²) in [4.78, 5) is 14.7. The summed E-state index contributed by atoms with van der Waals surface area (Å²) in [6.07, 6.45) is 3.11. The Labute approximate surface area is 139 Å². The molecule has 0 aliphatic carbocycles. The highest BCUT2D eigenvalue weighted by molar-refractivity contribution is 7.15. The maximum Gasteiger partial charge on any atom is 0.180 e. The first-order valence-corrected chi connectivity index (χ1v) is 8.57. The summed E-state index contributed by atoms with van der Waals surface area (Å²) in [6, 6.07) is 0. The van der Waals surface area contributed by atoms with Gasteiger partial charge in [-0.2, -0.15) is 0 Å². The van der Waals surface area contributed by atoms with Gasteiger partial charge in [0.05, 0.1) is 11.2 Å². The lowest BCUT2D eigenvalue weighted by molar-refractivity contribution is 0.247. The minimum Gasteiger partial charge on any atom is -0.375 e. The zero-order chi connectivity index (χ0) is 13.8. The molecule has 2 aromatic heterocycles. The van der Waals surface area contributed by atoms with Crippen LogP contribution >= 0.6 is 35.1 Å². The van der Waals surface area contributed by atoms with Crippen LogP contribution in [0, 0.1) is 0 Å². The number of nitrogens with zero attached hydrogens (tertiary/aromatic N) is 4. The van der Waals surface area contributed by atoms with Gasteiger partial charge in [-0.15, -0.1) is 35.1 Å². The molecule has 1 aliphatic heterocycles. The van der Waals surface area contributed by atoms with Crippen LogP contribution in [0.1, 0.15) is 17.0 Å². The minimum absolute atomic E-state index is 0. The predicted molar refractivity (Wildman–Crippen MR) is 91.1 cm³/mol. The summed E-state index contributed by atoms with van der Waals surface area (Å²) in [5, 5.41) is 2.81. The molecule has 1 saturated heterocycles. The fourth-order valence-corrected chi connectivity index (χ4v) is 3.78. The second-order valence-corrected chi connectivity index (χ2v) is 6.92. The number of nitrogens with two attached hydrogens (primary N) is 1. The zero-order valence-electron chi connectivity index (χ0n) is 11.8. The van der Waals surface area contributed by atoms with Gasteiger partial charge in [0.15, 0.2) is 5.13 Å². The third-order valence-corrected chi connectivity index (χ3v) is 4.95. The molecule has 21 heavy (non-hydrogen) atoms. The molecule has 0 radical (unpaired) electrons. The average molecular weight is 346 g/mol. The van der Waals surface area contributed by atoms with E-state index >= 15 is 0 Å². The SMILES string of the molecule is Cl.Nc1ncc(CN2CCCN(Cc3cscn3)CC2)s1. The Morgan fingerprint density at radius 3 is 2.48 bits per heavy atom. The van der Waals surface area contributed by atoms with Gasteiger partial charge in [0.1, 0.15) is 0 Å². The van der Waals surface area contributed by atoms with E-state index in [9.17, 15) is 0 Å². The molecule has 2 N–H and O–H groups in total. The van der Waals surface area contributed by atoms with Crippen LogP contribution in [0.5, 0.6) is 0 Å². The first-order chi connectivity index (χ1) is 9.79. The molecule has 5 nitrogen and oxygen atoms in total. The molecule has 0 aromatic carbocycles. The monoisotopic (exact) mass is 345 g/mol. The number of aromatic nitrogens is 2. The van der Waals surface area contributed by atoms with Crippen LogP contribution in [0.4, 0.5) is 5.13 Å². The summed E-state index contributed by atoms with van der Waals surface area (Å²) >= 11 is 3.27. The topological polar surface area (TPSA) is 58.3 Å². The van der Waals surface area contributed by atoms with E-state index in [0.717, 1.165) is 39.3 Å². The summed E-state index contributed by atoms with van der Waals surface area (Å²) in [7, 11) is 0. The van der Waals surface area contributed by atoms with Crippen molar-refractivity contribution in [1.29, 1.82) is 0 Å². The third kappa shape index (κ3) is 4.89. The Morgan fingerprint density at radius 1 is 1.10 bits per heavy atom. The fourth-order valence-electron chi connectivity index (χ4n) is 2.50. The van der Waals surface area contributed by atoms with Crippen LogP contribution in [-0.2, 0) is 13.1 Å². The van der Waals surface area contributed by atoms with Gasteiger partial charge < -0.3 is 5.73 Å². The van der Waals surface area contributed by atoms with E-state index in [2.05, 4.69) is 25.1 Å². The van der Waals surface area contributed by atoms with Crippen molar-refractivity contribution in [1.82, 2.24) is 19.8 Å². The molecule has 2 aromatic rings. The van der Waals surface area contributed by atoms with Crippen molar-refractivity contribution in [2.24, 2.45) is 0 Å². The van der Waals surface area contributed by atoms with Gasteiger partial charge >= 0.3 is 0 Å². The lowest BCUT2D eigenvalue weighted by atomic mass is 10.3. The fraction of sp³-hybridized carbons (Fsp3) is 0.538. The van der Waals surface area contributed by atoms with E-state index in [-0.39, 0.29) is 12.4 Å². The smallest absolute Gasteiger partial charge is 0.180 e. The number of nitrogen functional groups attached to an aromatic ring is 1. The molecular weight excluding hydrogens is 326 g/mol. The first kappa shape index (κ1) is 16.6. The number of rotatable bonds is 4. The maximum atomic E-state index is 5.69. The molecular formula is C13H20ClN5S2. The molecule has 116 valence electrons. The van der Waals surface area contributed by atoms with Gasteiger partial charge in [0, 0.05) is 42.6 Å². The van der Waals surface area contributed by atoms with E-state index < -0.39 is 0 Å². The van der Waals surface area contributed by atoms with Crippen molar-refractivity contribution in [2.75, 3.05) is 31.9 Å². The van der Waals surface area contributed by atoms with Crippen LogP contribution < -0.4 is 5.73 Å². The van der Waals surface area contributed by atoms with Gasteiger partial charge in [-0.1, -0.05) is 0 Å². The molecule has 1 fully saturated rings. The predicted octanol–water partition coefficient (Wildman–Crippen LogP) is 2.31. The minimum atomic E-state index is 0. The lowest BCUT2D eigenvalue weighted by Gasteiger charge is -2.20. The van der Waals surface area contributed by atoms with Crippen LogP contribution in [0.2, 0.25) is 0 Å². The molecule has 1 aliphatic rings. The zero-order valence-corrected chi connectivity index (χ0v) is 14.2. The highest BCUT2D eigenvalue weighted by atomic mass is 35.5. The van der Waals surface area contributed by atoms with Crippen molar-refractivity contribution in [3.63, 3.8) is 0 Å². The second kappa shape index (κ2) is 8.05. The van der Waals surface area contributed by atoms with E-state index in [1.54, 1.807) is 22.7 Å². The number of hydrogen-bond donors (Lipinski definition) is 1. The van der Waals surface area contributed by atoms with Crippen molar-refractivity contribution >= 4 is 40.2 Å². The summed E-state index contributed by atoms with van der Waals surface area (Å²) in [6.45, 7) is 6.45. The molecule has 0 unspecified atom stereocenters. The Hall–Kier alpha value is -0.730. The number of anilines is 1.